The predicted molar refractivity (Wildman–Crippen MR) is 125 cm³/mol. The summed E-state index contributed by atoms with van der Waals surface area (Å²) >= 11 is 12.1. The largest absolute Gasteiger partial charge is 0.393 e. The maximum atomic E-state index is 9.64. The highest BCUT2D eigenvalue weighted by molar-refractivity contribution is 6.42. The summed E-state index contributed by atoms with van der Waals surface area (Å²) in [5.41, 5.74) is 3.53. The molecular weight excluding hydrogens is 419 g/mol. The average Bonchev–Trinajstić information content (AvgIpc) is 2.75. The summed E-state index contributed by atoms with van der Waals surface area (Å²) in [5.74, 6) is 0.726. The van der Waals surface area contributed by atoms with E-state index in [1.165, 1.54) is 11.1 Å². The van der Waals surface area contributed by atoms with Crippen LogP contribution in [-0.4, -0.2) is 42.2 Å². The van der Waals surface area contributed by atoms with Crippen LogP contribution in [0.2, 0.25) is 10.0 Å². The fraction of sp³-hybridized carbons (Fsp3) is 0.435. The molecule has 0 saturated carbocycles. The average molecular weight is 449 g/mol. The first-order valence-electron chi connectivity index (χ1n) is 10.3. The van der Waals surface area contributed by atoms with Gasteiger partial charge in [-0.25, -0.2) is 0 Å². The first-order valence-corrected chi connectivity index (χ1v) is 11.1. The number of piperidine rings is 1. The number of likely N-dealkylation sites (tertiary alicyclic amines) is 1. The highest BCUT2D eigenvalue weighted by Gasteiger charge is 2.16. The molecule has 2 aromatic carbocycles. The Morgan fingerprint density at radius 2 is 1.77 bits per heavy atom. The quantitative estimate of drug-likeness (QED) is 0.453. The van der Waals surface area contributed by atoms with E-state index in [1.807, 2.05) is 12.1 Å². The predicted octanol–water partition coefficient (Wildman–Crippen LogP) is 4.38. The molecule has 7 heteroatoms. The normalized spacial score (nSPS) is 17.0. The molecule has 0 aromatic heterocycles. The zero-order chi connectivity index (χ0) is 21.5. The van der Waals surface area contributed by atoms with Gasteiger partial charge >= 0.3 is 0 Å². The Morgan fingerprint density at radius 1 is 1.10 bits per heavy atom. The lowest BCUT2D eigenvalue weighted by molar-refractivity contribution is 0.0792. The topological polar surface area (TPSA) is 59.9 Å². The summed E-state index contributed by atoms with van der Waals surface area (Å²) in [6.07, 6.45) is 1.61. The van der Waals surface area contributed by atoms with Crippen LogP contribution in [0.1, 0.15) is 42.5 Å². The molecular formula is C23H30Cl2N4O. The van der Waals surface area contributed by atoms with Crippen molar-refractivity contribution in [3.05, 3.63) is 69.2 Å². The van der Waals surface area contributed by atoms with E-state index in [0.29, 0.717) is 16.6 Å². The van der Waals surface area contributed by atoms with Crippen LogP contribution in [0.15, 0.2) is 47.5 Å². The van der Waals surface area contributed by atoms with Crippen LogP contribution in [-0.2, 0) is 13.1 Å². The van der Waals surface area contributed by atoms with Gasteiger partial charge in [-0.15, -0.1) is 0 Å². The molecule has 1 aliphatic rings. The first kappa shape index (κ1) is 22.9. The van der Waals surface area contributed by atoms with Crippen LogP contribution in [0, 0.1) is 0 Å². The Balaban J connectivity index is 1.49. The van der Waals surface area contributed by atoms with E-state index in [1.54, 1.807) is 13.1 Å². The molecule has 1 heterocycles. The van der Waals surface area contributed by atoms with E-state index in [9.17, 15) is 5.11 Å². The molecule has 2 aromatic rings. The Kier molecular flexibility index (Phi) is 8.40. The van der Waals surface area contributed by atoms with Crippen LogP contribution >= 0.6 is 23.2 Å². The van der Waals surface area contributed by atoms with Gasteiger partial charge in [-0.05, 0) is 48.6 Å². The van der Waals surface area contributed by atoms with Gasteiger partial charge in [0.2, 0.25) is 0 Å². The number of benzene rings is 2. The fourth-order valence-corrected chi connectivity index (χ4v) is 3.86. The Bertz CT molecular complexity index is 849. The number of nitrogens with zero attached hydrogens (tertiary/aromatic N) is 2. The third-order valence-corrected chi connectivity index (χ3v) is 6.21. The molecule has 1 atom stereocenters. The summed E-state index contributed by atoms with van der Waals surface area (Å²) in [6, 6.07) is 14.3. The number of hydrogen-bond donors (Lipinski definition) is 3. The molecule has 5 nitrogen and oxygen atoms in total. The highest BCUT2D eigenvalue weighted by Crippen LogP contribution is 2.25. The molecule has 162 valence electrons. The minimum atomic E-state index is -0.128. The van der Waals surface area contributed by atoms with Crippen molar-refractivity contribution in [2.24, 2.45) is 4.99 Å². The first-order chi connectivity index (χ1) is 14.4. The smallest absolute Gasteiger partial charge is 0.191 e. The van der Waals surface area contributed by atoms with Gasteiger partial charge < -0.3 is 15.7 Å². The maximum absolute atomic E-state index is 9.64. The van der Waals surface area contributed by atoms with Crippen LogP contribution < -0.4 is 10.6 Å². The van der Waals surface area contributed by atoms with Crippen molar-refractivity contribution in [3.63, 3.8) is 0 Å². The van der Waals surface area contributed by atoms with Gasteiger partial charge in [-0.3, -0.25) is 9.89 Å². The Morgan fingerprint density at radius 3 is 2.40 bits per heavy atom. The number of rotatable bonds is 6. The third kappa shape index (κ3) is 6.61. The molecule has 3 N–H and O–H groups in total. The lowest BCUT2D eigenvalue weighted by Crippen LogP contribution is -2.38. The molecule has 1 saturated heterocycles. The minimum absolute atomic E-state index is 0.0383. The second kappa shape index (κ2) is 11.0. The number of aliphatic hydroxyl groups is 1. The lowest BCUT2D eigenvalue weighted by atomic mass is 10.1. The van der Waals surface area contributed by atoms with Crippen LogP contribution in [0.4, 0.5) is 0 Å². The monoisotopic (exact) mass is 448 g/mol. The van der Waals surface area contributed by atoms with Crippen LogP contribution in [0.25, 0.3) is 0 Å². The van der Waals surface area contributed by atoms with Crippen molar-refractivity contribution < 1.29 is 5.11 Å². The lowest BCUT2D eigenvalue weighted by Gasteiger charge is -2.29. The molecule has 3 rings (SSSR count). The standard InChI is InChI=1S/C23H30Cl2N4O/c1-16(19-7-8-21(24)22(25)13-19)28-23(26-2)27-14-17-3-5-18(6-4-17)15-29-11-9-20(30)10-12-29/h3-8,13,16,20,30H,9-12,14-15H2,1-2H3,(H2,26,27,28). The molecule has 0 amide bonds. The van der Waals surface area contributed by atoms with Crippen molar-refractivity contribution in [1.82, 2.24) is 15.5 Å². The van der Waals surface area contributed by atoms with Gasteiger partial charge in [-0.1, -0.05) is 53.5 Å². The molecule has 0 bridgehead atoms. The number of nitrogens with one attached hydrogen (secondary N) is 2. The summed E-state index contributed by atoms with van der Waals surface area (Å²) in [6.45, 7) is 5.60. The maximum Gasteiger partial charge on any atom is 0.191 e. The Labute approximate surface area is 189 Å². The molecule has 0 radical (unpaired) electrons. The number of hydrogen-bond acceptors (Lipinski definition) is 3. The van der Waals surface area contributed by atoms with Gasteiger partial charge in [-0.2, -0.15) is 0 Å². The molecule has 1 aliphatic heterocycles. The van der Waals surface area contributed by atoms with Gasteiger partial charge in [0, 0.05) is 33.2 Å². The third-order valence-electron chi connectivity index (χ3n) is 5.47. The van der Waals surface area contributed by atoms with Crippen molar-refractivity contribution >= 4 is 29.2 Å². The second-order valence-corrected chi connectivity index (χ2v) is 8.60. The zero-order valence-corrected chi connectivity index (χ0v) is 19.0. The van der Waals surface area contributed by atoms with E-state index < -0.39 is 0 Å². The summed E-state index contributed by atoms with van der Waals surface area (Å²) in [7, 11) is 1.76. The minimum Gasteiger partial charge on any atom is -0.393 e. The molecule has 30 heavy (non-hydrogen) atoms. The summed E-state index contributed by atoms with van der Waals surface area (Å²) in [4.78, 5) is 6.72. The summed E-state index contributed by atoms with van der Waals surface area (Å²) < 4.78 is 0. The number of guanidine groups is 1. The SMILES string of the molecule is CN=C(NCc1ccc(CN2CCC(O)CC2)cc1)NC(C)c1ccc(Cl)c(Cl)c1. The molecule has 1 fully saturated rings. The van der Waals surface area contributed by atoms with Crippen molar-refractivity contribution in [1.29, 1.82) is 0 Å². The molecule has 1 unspecified atom stereocenters. The van der Waals surface area contributed by atoms with E-state index in [4.69, 9.17) is 23.2 Å². The van der Waals surface area contributed by atoms with Gasteiger partial charge in [0.05, 0.1) is 22.2 Å². The van der Waals surface area contributed by atoms with Crippen molar-refractivity contribution in [2.75, 3.05) is 20.1 Å². The number of aliphatic hydroxyl groups excluding tert-OH is 1. The van der Waals surface area contributed by atoms with E-state index in [-0.39, 0.29) is 12.1 Å². The zero-order valence-electron chi connectivity index (χ0n) is 17.5. The number of halogens is 2. The van der Waals surface area contributed by atoms with E-state index in [0.717, 1.165) is 44.0 Å². The molecule has 0 spiro atoms. The van der Waals surface area contributed by atoms with Gasteiger partial charge in [0.25, 0.3) is 0 Å². The molecule has 0 aliphatic carbocycles. The van der Waals surface area contributed by atoms with Crippen molar-refractivity contribution in [2.45, 2.75) is 45.0 Å². The highest BCUT2D eigenvalue weighted by atomic mass is 35.5. The summed E-state index contributed by atoms with van der Waals surface area (Å²) in [5, 5.41) is 17.5. The van der Waals surface area contributed by atoms with Gasteiger partial charge in [0.1, 0.15) is 0 Å². The van der Waals surface area contributed by atoms with Crippen LogP contribution in [0.5, 0.6) is 0 Å². The second-order valence-electron chi connectivity index (χ2n) is 7.79. The Hall–Kier alpha value is -1.79. The van der Waals surface area contributed by atoms with E-state index in [2.05, 4.69) is 51.7 Å². The van der Waals surface area contributed by atoms with E-state index >= 15 is 0 Å². The number of aliphatic imine (C=N–C) groups is 1. The van der Waals surface area contributed by atoms with Gasteiger partial charge in [0.15, 0.2) is 5.96 Å². The fourth-order valence-electron chi connectivity index (χ4n) is 3.55. The van der Waals surface area contributed by atoms with Crippen LogP contribution in [0.3, 0.4) is 0 Å². The van der Waals surface area contributed by atoms with Crippen molar-refractivity contribution in [3.8, 4) is 0 Å².